The van der Waals surface area contributed by atoms with Gasteiger partial charge < -0.3 is 19.5 Å². The van der Waals surface area contributed by atoms with E-state index >= 15 is 0 Å². The van der Waals surface area contributed by atoms with E-state index in [0.717, 1.165) is 10.8 Å². The Morgan fingerprint density at radius 1 is 0.963 bits per heavy atom. The second kappa shape index (κ2) is 7.37. The van der Waals surface area contributed by atoms with Gasteiger partial charge in [-0.2, -0.15) is 0 Å². The molecule has 27 heavy (non-hydrogen) atoms. The number of carbonyl (C=O) groups is 2. The van der Waals surface area contributed by atoms with Crippen molar-refractivity contribution in [1.82, 2.24) is 0 Å². The summed E-state index contributed by atoms with van der Waals surface area (Å²) in [7, 11) is 0. The average Bonchev–Trinajstić information content (AvgIpc) is 2.72. The van der Waals surface area contributed by atoms with Gasteiger partial charge in [-0.25, -0.2) is 4.79 Å². The second-order valence-corrected chi connectivity index (χ2v) is 6.05. The first-order valence-electron chi connectivity index (χ1n) is 8.53. The summed E-state index contributed by atoms with van der Waals surface area (Å²) in [5.41, 5.74) is 0.667. The van der Waals surface area contributed by atoms with Gasteiger partial charge in [-0.3, -0.25) is 4.79 Å². The van der Waals surface area contributed by atoms with Gasteiger partial charge in [0, 0.05) is 11.1 Å². The Bertz CT molecular complexity index is 995. The Hall–Kier alpha value is -3.54. The van der Waals surface area contributed by atoms with Crippen LogP contribution >= 0.6 is 0 Å². The molecule has 3 aromatic carbocycles. The van der Waals surface area contributed by atoms with Crippen LogP contribution in [0.4, 0.5) is 5.69 Å². The highest BCUT2D eigenvalue weighted by molar-refractivity contribution is 6.02. The van der Waals surface area contributed by atoms with Crippen molar-refractivity contribution in [3.8, 4) is 11.5 Å². The number of benzene rings is 3. The third-order valence-corrected chi connectivity index (χ3v) is 4.18. The molecule has 6 nitrogen and oxygen atoms in total. The highest BCUT2D eigenvalue weighted by atomic mass is 16.6. The molecule has 0 fully saturated rings. The van der Waals surface area contributed by atoms with Gasteiger partial charge in [-0.1, -0.05) is 48.5 Å². The summed E-state index contributed by atoms with van der Waals surface area (Å²) in [4.78, 5) is 24.4. The summed E-state index contributed by atoms with van der Waals surface area (Å²) < 4.78 is 16.1. The van der Waals surface area contributed by atoms with Crippen molar-refractivity contribution in [1.29, 1.82) is 0 Å². The molecule has 0 saturated heterocycles. The number of nitrogens with one attached hydrogen (secondary N) is 1. The molecule has 1 N–H and O–H groups in total. The molecule has 0 saturated carbocycles. The third-order valence-electron chi connectivity index (χ3n) is 4.18. The predicted molar refractivity (Wildman–Crippen MR) is 99.9 cm³/mol. The zero-order chi connectivity index (χ0) is 18.6. The number of fused-ring (bicyclic) bond motifs is 2. The second-order valence-electron chi connectivity index (χ2n) is 6.05. The first-order valence-corrected chi connectivity index (χ1v) is 8.53. The van der Waals surface area contributed by atoms with Crippen molar-refractivity contribution in [2.75, 3.05) is 18.5 Å². The lowest BCUT2D eigenvalue weighted by Gasteiger charge is -2.24. The van der Waals surface area contributed by atoms with Crippen LogP contribution in [0.25, 0.3) is 10.8 Å². The Labute approximate surface area is 155 Å². The van der Waals surface area contributed by atoms with Crippen LogP contribution in [-0.2, 0) is 14.3 Å². The van der Waals surface area contributed by atoms with Crippen LogP contribution in [0.15, 0.2) is 66.7 Å². The van der Waals surface area contributed by atoms with Gasteiger partial charge in [0.25, 0.3) is 5.91 Å². The quantitative estimate of drug-likeness (QED) is 0.721. The Balaban J connectivity index is 1.35. The lowest BCUT2D eigenvalue weighted by molar-refractivity contribution is -0.156. The van der Waals surface area contributed by atoms with E-state index in [4.69, 9.17) is 14.2 Å². The number of ether oxygens (including phenoxy) is 3. The lowest BCUT2D eigenvalue weighted by atomic mass is 10.1. The molecule has 1 aliphatic rings. The molecule has 136 valence electrons. The Morgan fingerprint density at radius 2 is 1.70 bits per heavy atom. The molecule has 1 amide bonds. The molecule has 0 spiro atoms. The molecule has 0 bridgehead atoms. The molecule has 3 aromatic rings. The molecular weight excluding hydrogens is 346 g/mol. The smallest absolute Gasteiger partial charge is 0.351 e. The summed E-state index contributed by atoms with van der Waals surface area (Å²) >= 11 is 0. The summed E-state index contributed by atoms with van der Waals surface area (Å²) in [6, 6.07) is 20.4. The van der Waals surface area contributed by atoms with E-state index in [0.29, 0.717) is 17.2 Å². The van der Waals surface area contributed by atoms with Crippen LogP contribution in [0.2, 0.25) is 0 Å². The highest BCUT2D eigenvalue weighted by Crippen LogP contribution is 2.31. The van der Waals surface area contributed by atoms with Gasteiger partial charge in [0.2, 0.25) is 6.10 Å². The van der Waals surface area contributed by atoms with Crippen molar-refractivity contribution >= 4 is 28.3 Å². The Morgan fingerprint density at radius 3 is 2.59 bits per heavy atom. The molecule has 4 rings (SSSR count). The number of rotatable bonds is 4. The molecule has 1 aliphatic heterocycles. The van der Waals surface area contributed by atoms with E-state index in [1.54, 1.807) is 24.3 Å². The normalized spacial score (nSPS) is 15.2. The van der Waals surface area contributed by atoms with E-state index in [9.17, 15) is 9.59 Å². The van der Waals surface area contributed by atoms with Crippen LogP contribution in [-0.4, -0.2) is 31.2 Å². The summed E-state index contributed by atoms with van der Waals surface area (Å²) in [6.45, 7) is -0.357. The van der Waals surface area contributed by atoms with Crippen molar-refractivity contribution in [2.45, 2.75) is 6.10 Å². The maximum absolute atomic E-state index is 12.2. The number of amides is 1. The number of esters is 1. The van der Waals surface area contributed by atoms with Crippen LogP contribution in [0, 0.1) is 0 Å². The molecule has 1 atom stereocenters. The third kappa shape index (κ3) is 3.69. The van der Waals surface area contributed by atoms with Crippen molar-refractivity contribution in [2.24, 2.45) is 0 Å². The van der Waals surface area contributed by atoms with E-state index < -0.39 is 24.6 Å². The van der Waals surface area contributed by atoms with Gasteiger partial charge in [0.15, 0.2) is 18.1 Å². The molecule has 0 unspecified atom stereocenters. The number of hydrogen-bond donors (Lipinski definition) is 1. The molecule has 0 aromatic heterocycles. The summed E-state index contributed by atoms with van der Waals surface area (Å²) in [5.74, 6) is -0.00411. The summed E-state index contributed by atoms with van der Waals surface area (Å²) in [6.07, 6.45) is -0.898. The van der Waals surface area contributed by atoms with Crippen LogP contribution < -0.4 is 14.8 Å². The molecule has 0 radical (unpaired) electrons. The topological polar surface area (TPSA) is 73.9 Å². The first kappa shape index (κ1) is 16.9. The van der Waals surface area contributed by atoms with Gasteiger partial charge >= 0.3 is 5.97 Å². The fraction of sp³-hybridized carbons (Fsp3) is 0.143. The number of hydrogen-bond acceptors (Lipinski definition) is 5. The van der Waals surface area contributed by atoms with E-state index in [2.05, 4.69) is 5.32 Å². The zero-order valence-corrected chi connectivity index (χ0v) is 14.4. The van der Waals surface area contributed by atoms with E-state index in [-0.39, 0.29) is 6.61 Å². The molecular formula is C21H17NO5. The SMILES string of the molecule is O=C(COC(=O)[C@@H]1COc2ccccc2O1)Nc1cccc2ccccc12. The van der Waals surface area contributed by atoms with Gasteiger partial charge in [-0.15, -0.1) is 0 Å². The van der Waals surface area contributed by atoms with E-state index in [1.165, 1.54) is 0 Å². The number of anilines is 1. The minimum atomic E-state index is -0.898. The van der Waals surface area contributed by atoms with Gasteiger partial charge in [-0.05, 0) is 23.6 Å². The van der Waals surface area contributed by atoms with Crippen molar-refractivity contribution in [3.05, 3.63) is 66.7 Å². The minimum absolute atomic E-state index is 0.0424. The lowest BCUT2D eigenvalue weighted by Crippen LogP contribution is -2.39. The standard InChI is InChI=1S/C21H17NO5/c23-20(22-16-9-5-7-14-6-1-2-8-15(14)16)13-26-21(24)19-12-25-17-10-3-4-11-18(17)27-19/h1-11,19H,12-13H2,(H,22,23)/t19-/m0/s1. The first-order chi connectivity index (χ1) is 13.2. The predicted octanol–water partition coefficient (Wildman–Crippen LogP) is 3.16. The van der Waals surface area contributed by atoms with Crippen LogP contribution in [0.3, 0.4) is 0 Å². The van der Waals surface area contributed by atoms with Gasteiger partial charge in [0.05, 0.1) is 0 Å². The average molecular weight is 363 g/mol. The van der Waals surface area contributed by atoms with Crippen molar-refractivity contribution in [3.63, 3.8) is 0 Å². The van der Waals surface area contributed by atoms with Crippen LogP contribution in [0.1, 0.15) is 0 Å². The van der Waals surface area contributed by atoms with E-state index in [1.807, 2.05) is 42.5 Å². The Kier molecular flexibility index (Phi) is 4.61. The van der Waals surface area contributed by atoms with Gasteiger partial charge in [0.1, 0.15) is 6.61 Å². The fourth-order valence-corrected chi connectivity index (χ4v) is 2.89. The maximum atomic E-state index is 12.2. The molecule has 0 aliphatic carbocycles. The largest absolute Gasteiger partial charge is 0.485 e. The minimum Gasteiger partial charge on any atom is -0.485 e. The van der Waals surface area contributed by atoms with Crippen molar-refractivity contribution < 1.29 is 23.8 Å². The molecule has 1 heterocycles. The van der Waals surface area contributed by atoms with Crippen LogP contribution in [0.5, 0.6) is 11.5 Å². The molecule has 6 heteroatoms. The number of para-hydroxylation sites is 2. The zero-order valence-electron chi connectivity index (χ0n) is 14.4. The number of carbonyl (C=O) groups excluding carboxylic acids is 2. The fourth-order valence-electron chi connectivity index (χ4n) is 2.89. The highest BCUT2D eigenvalue weighted by Gasteiger charge is 2.29. The summed E-state index contributed by atoms with van der Waals surface area (Å²) in [5, 5.41) is 4.70. The monoisotopic (exact) mass is 363 g/mol. The maximum Gasteiger partial charge on any atom is 0.351 e.